The number of aryl methyl sites for hydroxylation is 1. The average Bonchev–Trinajstić information content (AvgIpc) is 2.47. The molecule has 1 saturated heterocycles. The monoisotopic (exact) mass is 292 g/mol. The molecule has 1 heterocycles. The third-order valence-corrected chi connectivity index (χ3v) is 4.20. The lowest BCUT2D eigenvalue weighted by atomic mass is 10.1. The average molecular weight is 292 g/mol. The molecule has 1 aromatic carbocycles. The van der Waals surface area contributed by atoms with Gasteiger partial charge in [-0.2, -0.15) is 11.8 Å². The Morgan fingerprint density at radius 2 is 2.15 bits per heavy atom. The standard InChI is InChI=1S/C15H20N2O2S/c18-14-7-6-13(10-16-14)17-15(19)11-20-9-8-12-4-2-1-3-5-12/h1-5,13H,6-11H2,(H,16,18)(H,17,19). The van der Waals surface area contributed by atoms with Crippen LogP contribution in [-0.4, -0.2) is 35.9 Å². The molecule has 2 N–H and O–H groups in total. The molecule has 1 aliphatic rings. The van der Waals surface area contributed by atoms with E-state index in [1.807, 2.05) is 18.2 Å². The summed E-state index contributed by atoms with van der Waals surface area (Å²) in [5.41, 5.74) is 1.30. The number of benzene rings is 1. The summed E-state index contributed by atoms with van der Waals surface area (Å²) < 4.78 is 0. The smallest absolute Gasteiger partial charge is 0.230 e. The van der Waals surface area contributed by atoms with Crippen LogP contribution in [0.4, 0.5) is 0 Å². The molecule has 1 aliphatic heterocycles. The summed E-state index contributed by atoms with van der Waals surface area (Å²) in [6.45, 7) is 0.555. The zero-order valence-electron chi connectivity index (χ0n) is 11.4. The van der Waals surface area contributed by atoms with E-state index in [1.165, 1.54) is 5.56 Å². The van der Waals surface area contributed by atoms with E-state index in [0.29, 0.717) is 18.7 Å². The molecule has 1 unspecified atom stereocenters. The number of hydrogen-bond acceptors (Lipinski definition) is 3. The van der Waals surface area contributed by atoms with E-state index in [9.17, 15) is 9.59 Å². The number of carbonyl (C=O) groups excluding carboxylic acids is 2. The lowest BCUT2D eigenvalue weighted by molar-refractivity contribution is -0.124. The minimum Gasteiger partial charge on any atom is -0.354 e. The van der Waals surface area contributed by atoms with Crippen LogP contribution in [0, 0.1) is 0 Å². The van der Waals surface area contributed by atoms with Crippen molar-refractivity contribution in [2.75, 3.05) is 18.1 Å². The highest BCUT2D eigenvalue weighted by atomic mass is 32.2. The number of carbonyl (C=O) groups is 2. The summed E-state index contributed by atoms with van der Waals surface area (Å²) in [4.78, 5) is 22.8. The van der Waals surface area contributed by atoms with Crippen LogP contribution in [0.25, 0.3) is 0 Å². The van der Waals surface area contributed by atoms with Gasteiger partial charge in [-0.25, -0.2) is 0 Å². The summed E-state index contributed by atoms with van der Waals surface area (Å²) >= 11 is 1.65. The Bertz CT molecular complexity index is 440. The maximum atomic E-state index is 11.8. The summed E-state index contributed by atoms with van der Waals surface area (Å²) in [6, 6.07) is 10.4. The van der Waals surface area contributed by atoms with E-state index >= 15 is 0 Å². The van der Waals surface area contributed by atoms with Crippen molar-refractivity contribution in [3.8, 4) is 0 Å². The van der Waals surface area contributed by atoms with Gasteiger partial charge < -0.3 is 10.6 Å². The molecule has 1 aromatic rings. The van der Waals surface area contributed by atoms with Crippen molar-refractivity contribution in [1.29, 1.82) is 0 Å². The lowest BCUT2D eigenvalue weighted by Gasteiger charge is -2.23. The van der Waals surface area contributed by atoms with Crippen LogP contribution in [-0.2, 0) is 16.0 Å². The first-order valence-corrected chi connectivity index (χ1v) is 8.07. The second-order valence-electron chi connectivity index (χ2n) is 4.90. The van der Waals surface area contributed by atoms with Crippen LogP contribution in [0.2, 0.25) is 0 Å². The van der Waals surface area contributed by atoms with Gasteiger partial charge in [-0.1, -0.05) is 30.3 Å². The Labute approximate surface area is 123 Å². The minimum atomic E-state index is 0.0595. The number of rotatable bonds is 6. The van der Waals surface area contributed by atoms with Gasteiger partial charge in [0.1, 0.15) is 0 Å². The normalized spacial score (nSPS) is 18.4. The van der Waals surface area contributed by atoms with E-state index in [2.05, 4.69) is 22.8 Å². The van der Waals surface area contributed by atoms with Crippen LogP contribution < -0.4 is 10.6 Å². The van der Waals surface area contributed by atoms with Crippen LogP contribution in [0.15, 0.2) is 30.3 Å². The third-order valence-electron chi connectivity index (χ3n) is 3.24. The predicted molar refractivity (Wildman–Crippen MR) is 81.6 cm³/mol. The fourth-order valence-electron chi connectivity index (χ4n) is 2.12. The molecule has 0 aromatic heterocycles. The Hall–Kier alpha value is -1.49. The van der Waals surface area contributed by atoms with Gasteiger partial charge in [0, 0.05) is 19.0 Å². The van der Waals surface area contributed by atoms with Crippen molar-refractivity contribution in [2.24, 2.45) is 0 Å². The molecule has 0 aliphatic carbocycles. The van der Waals surface area contributed by atoms with Crippen molar-refractivity contribution in [1.82, 2.24) is 10.6 Å². The maximum Gasteiger partial charge on any atom is 0.230 e. The van der Waals surface area contributed by atoms with E-state index in [4.69, 9.17) is 0 Å². The number of nitrogens with one attached hydrogen (secondary N) is 2. The minimum absolute atomic E-state index is 0.0595. The number of hydrogen-bond donors (Lipinski definition) is 2. The highest BCUT2D eigenvalue weighted by molar-refractivity contribution is 7.99. The van der Waals surface area contributed by atoms with Crippen molar-refractivity contribution in [2.45, 2.75) is 25.3 Å². The van der Waals surface area contributed by atoms with Crippen LogP contribution in [0.5, 0.6) is 0 Å². The van der Waals surface area contributed by atoms with Crippen molar-refractivity contribution in [3.63, 3.8) is 0 Å². The van der Waals surface area contributed by atoms with Crippen molar-refractivity contribution in [3.05, 3.63) is 35.9 Å². The quantitative estimate of drug-likeness (QED) is 0.778. The molecular formula is C15H20N2O2S. The molecule has 2 rings (SSSR count). The molecule has 2 amide bonds. The maximum absolute atomic E-state index is 11.8. The van der Waals surface area contributed by atoms with E-state index in [-0.39, 0.29) is 17.9 Å². The molecule has 0 spiro atoms. The van der Waals surface area contributed by atoms with E-state index < -0.39 is 0 Å². The molecule has 108 valence electrons. The summed E-state index contributed by atoms with van der Waals surface area (Å²) in [7, 11) is 0. The number of amides is 2. The van der Waals surface area contributed by atoms with E-state index in [1.54, 1.807) is 11.8 Å². The first-order valence-electron chi connectivity index (χ1n) is 6.92. The zero-order chi connectivity index (χ0) is 14.2. The predicted octanol–water partition coefficient (Wildman–Crippen LogP) is 1.36. The molecule has 0 bridgehead atoms. The fraction of sp³-hybridized carbons (Fsp3) is 0.467. The van der Waals surface area contributed by atoms with Crippen LogP contribution in [0.3, 0.4) is 0 Å². The third kappa shape index (κ3) is 5.25. The molecule has 1 fully saturated rings. The molecule has 5 heteroatoms. The summed E-state index contributed by atoms with van der Waals surface area (Å²) in [6.07, 6.45) is 2.23. The van der Waals surface area contributed by atoms with Crippen molar-refractivity contribution >= 4 is 23.6 Å². The van der Waals surface area contributed by atoms with Gasteiger partial charge in [0.2, 0.25) is 11.8 Å². The van der Waals surface area contributed by atoms with Gasteiger partial charge in [0.15, 0.2) is 0 Å². The van der Waals surface area contributed by atoms with Gasteiger partial charge in [-0.3, -0.25) is 9.59 Å². The second kappa shape index (κ2) is 7.94. The Morgan fingerprint density at radius 1 is 1.35 bits per heavy atom. The number of thioether (sulfide) groups is 1. The van der Waals surface area contributed by atoms with Crippen LogP contribution in [0.1, 0.15) is 18.4 Å². The van der Waals surface area contributed by atoms with Crippen molar-refractivity contribution < 1.29 is 9.59 Å². The lowest BCUT2D eigenvalue weighted by Crippen LogP contribution is -2.48. The summed E-state index contributed by atoms with van der Waals surface area (Å²) in [5.74, 6) is 1.56. The largest absolute Gasteiger partial charge is 0.354 e. The van der Waals surface area contributed by atoms with Gasteiger partial charge in [0.05, 0.1) is 5.75 Å². The topological polar surface area (TPSA) is 58.2 Å². The number of piperidine rings is 1. The van der Waals surface area contributed by atoms with Gasteiger partial charge >= 0.3 is 0 Å². The Kier molecular flexibility index (Phi) is 5.92. The highest BCUT2D eigenvalue weighted by Crippen LogP contribution is 2.08. The Morgan fingerprint density at radius 3 is 2.85 bits per heavy atom. The zero-order valence-corrected chi connectivity index (χ0v) is 12.2. The SMILES string of the molecule is O=C1CCC(NC(=O)CSCCc2ccccc2)CN1. The summed E-state index contributed by atoms with van der Waals surface area (Å²) in [5, 5.41) is 5.73. The highest BCUT2D eigenvalue weighted by Gasteiger charge is 2.19. The second-order valence-corrected chi connectivity index (χ2v) is 6.00. The first-order chi connectivity index (χ1) is 9.74. The molecule has 4 nitrogen and oxygen atoms in total. The van der Waals surface area contributed by atoms with Crippen LogP contribution >= 0.6 is 11.8 Å². The Balaban J connectivity index is 1.57. The molecule has 20 heavy (non-hydrogen) atoms. The van der Waals surface area contributed by atoms with Gasteiger partial charge in [-0.15, -0.1) is 0 Å². The molecular weight excluding hydrogens is 272 g/mol. The van der Waals surface area contributed by atoms with Gasteiger partial charge in [0.25, 0.3) is 0 Å². The fourth-order valence-corrected chi connectivity index (χ4v) is 2.92. The van der Waals surface area contributed by atoms with E-state index in [0.717, 1.165) is 18.6 Å². The molecule has 0 radical (unpaired) electrons. The molecule has 1 atom stereocenters. The first kappa shape index (κ1) is 14.9. The molecule has 0 saturated carbocycles. The van der Waals surface area contributed by atoms with Gasteiger partial charge in [-0.05, 0) is 24.2 Å².